The van der Waals surface area contributed by atoms with Gasteiger partial charge in [-0.2, -0.15) is 0 Å². The van der Waals surface area contributed by atoms with Gasteiger partial charge in [0.2, 0.25) is 0 Å². The molecule has 1 N–H and O–H groups in total. The fourth-order valence-corrected chi connectivity index (χ4v) is 2.95. The lowest BCUT2D eigenvalue weighted by atomic mass is 9.85. The maximum Gasteiger partial charge on any atom is 0.264 e. The van der Waals surface area contributed by atoms with E-state index in [-0.39, 0.29) is 5.91 Å². The second-order valence-electron chi connectivity index (χ2n) is 6.11. The van der Waals surface area contributed by atoms with Crippen LogP contribution in [0.3, 0.4) is 0 Å². The Bertz CT molecular complexity index is 800. The van der Waals surface area contributed by atoms with Crippen molar-refractivity contribution in [1.82, 2.24) is 4.90 Å². The summed E-state index contributed by atoms with van der Waals surface area (Å²) >= 11 is 0. The maximum atomic E-state index is 13.2. The number of benzene rings is 2. The predicted molar refractivity (Wildman–Crippen MR) is 95.8 cm³/mol. The molecule has 0 saturated carbocycles. The van der Waals surface area contributed by atoms with Crippen molar-refractivity contribution in [2.45, 2.75) is 19.1 Å². The van der Waals surface area contributed by atoms with Gasteiger partial charge in [0, 0.05) is 19.2 Å². The molecule has 128 valence electrons. The summed E-state index contributed by atoms with van der Waals surface area (Å²) in [5, 5.41) is 11.5. The Hall–Kier alpha value is -2.85. The fraction of sp³-hybridized carbons (Fsp3) is 0.190. The number of aliphatic hydroxyl groups is 1. The molecule has 4 nitrogen and oxygen atoms in total. The lowest BCUT2D eigenvalue weighted by Crippen LogP contribution is -2.46. The van der Waals surface area contributed by atoms with E-state index in [1.165, 1.54) is 4.90 Å². The van der Waals surface area contributed by atoms with Crippen molar-refractivity contribution in [3.05, 3.63) is 95.4 Å². The molecule has 0 spiro atoms. The van der Waals surface area contributed by atoms with Gasteiger partial charge in [-0.15, -0.1) is 0 Å². The van der Waals surface area contributed by atoms with Crippen LogP contribution in [0.4, 0.5) is 0 Å². The Balaban J connectivity index is 2.00. The normalized spacial score (nSPS) is 11.3. The van der Waals surface area contributed by atoms with Crippen LogP contribution >= 0.6 is 0 Å². The summed E-state index contributed by atoms with van der Waals surface area (Å²) in [5.74, 6) is 0.383. The van der Waals surface area contributed by atoms with Gasteiger partial charge in [0.1, 0.15) is 5.76 Å². The Labute approximate surface area is 147 Å². The molecule has 0 saturated heterocycles. The second kappa shape index (κ2) is 6.95. The van der Waals surface area contributed by atoms with E-state index in [0.717, 1.165) is 11.3 Å². The predicted octanol–water partition coefficient (Wildman–Crippen LogP) is 3.48. The van der Waals surface area contributed by atoms with Gasteiger partial charge in [0.15, 0.2) is 5.60 Å². The third-order valence-electron chi connectivity index (χ3n) is 4.41. The molecule has 0 aliphatic carbocycles. The number of hydrogen-bond donors (Lipinski definition) is 1. The van der Waals surface area contributed by atoms with Gasteiger partial charge in [0.25, 0.3) is 5.91 Å². The molecule has 3 rings (SSSR count). The molecule has 3 aromatic rings. The van der Waals surface area contributed by atoms with Crippen molar-refractivity contribution in [3.8, 4) is 0 Å². The minimum Gasteiger partial charge on any atom is -0.469 e. The van der Waals surface area contributed by atoms with Gasteiger partial charge < -0.3 is 14.4 Å². The topological polar surface area (TPSA) is 53.7 Å². The second-order valence-corrected chi connectivity index (χ2v) is 6.11. The van der Waals surface area contributed by atoms with Gasteiger partial charge in [-0.25, -0.2) is 0 Å². The van der Waals surface area contributed by atoms with Gasteiger partial charge >= 0.3 is 0 Å². The summed E-state index contributed by atoms with van der Waals surface area (Å²) in [4.78, 5) is 14.8. The van der Waals surface area contributed by atoms with Crippen LogP contribution in [-0.4, -0.2) is 23.0 Å². The van der Waals surface area contributed by atoms with Crippen LogP contribution < -0.4 is 0 Å². The number of likely N-dealkylation sites (N-methyl/N-ethyl adjacent to an activating group) is 1. The largest absolute Gasteiger partial charge is 0.469 e. The SMILES string of the molecule is Cc1occc1CN(C)C(=O)C(O)(c1ccccc1)c1ccccc1. The van der Waals surface area contributed by atoms with Crippen molar-refractivity contribution >= 4 is 5.91 Å². The summed E-state index contributed by atoms with van der Waals surface area (Å²) in [6.45, 7) is 2.22. The molecule has 0 aliphatic heterocycles. The number of nitrogens with zero attached hydrogens (tertiary/aromatic N) is 1. The van der Waals surface area contributed by atoms with Crippen LogP contribution in [0, 0.1) is 6.92 Å². The number of hydrogen-bond acceptors (Lipinski definition) is 3. The highest BCUT2D eigenvalue weighted by Crippen LogP contribution is 2.32. The van der Waals surface area contributed by atoms with E-state index >= 15 is 0 Å². The zero-order valence-electron chi connectivity index (χ0n) is 14.3. The minimum absolute atomic E-state index is 0.364. The summed E-state index contributed by atoms with van der Waals surface area (Å²) in [7, 11) is 1.69. The lowest BCUT2D eigenvalue weighted by Gasteiger charge is -2.32. The molecular weight excluding hydrogens is 314 g/mol. The third-order valence-corrected chi connectivity index (χ3v) is 4.41. The first-order valence-electron chi connectivity index (χ1n) is 8.15. The van der Waals surface area contributed by atoms with Crippen LogP contribution in [0.25, 0.3) is 0 Å². The Morgan fingerprint density at radius 2 is 1.52 bits per heavy atom. The van der Waals surface area contributed by atoms with Crippen molar-refractivity contribution in [2.75, 3.05) is 7.05 Å². The third kappa shape index (κ3) is 3.21. The molecule has 0 radical (unpaired) electrons. The fourth-order valence-electron chi connectivity index (χ4n) is 2.95. The zero-order valence-corrected chi connectivity index (χ0v) is 14.3. The molecule has 0 atom stereocenters. The number of aryl methyl sites for hydroxylation is 1. The molecular formula is C21H21NO3. The number of amides is 1. The van der Waals surface area contributed by atoms with Gasteiger partial charge in [0.05, 0.1) is 6.26 Å². The lowest BCUT2D eigenvalue weighted by molar-refractivity contribution is -0.147. The van der Waals surface area contributed by atoms with E-state index in [1.807, 2.05) is 49.4 Å². The molecule has 1 heterocycles. The first-order valence-corrected chi connectivity index (χ1v) is 8.15. The Morgan fingerprint density at radius 3 is 1.96 bits per heavy atom. The van der Waals surface area contributed by atoms with Crippen LogP contribution in [0.5, 0.6) is 0 Å². The van der Waals surface area contributed by atoms with E-state index in [2.05, 4.69) is 0 Å². The standard InChI is InChI=1S/C21H21NO3/c1-16-17(13-14-25-16)15-22(2)20(23)21(24,18-9-5-3-6-10-18)19-11-7-4-8-12-19/h3-14,24H,15H2,1-2H3. The van der Waals surface area contributed by atoms with Crippen molar-refractivity contribution in [1.29, 1.82) is 0 Å². The van der Waals surface area contributed by atoms with E-state index < -0.39 is 5.60 Å². The maximum absolute atomic E-state index is 13.2. The molecule has 2 aromatic carbocycles. The monoisotopic (exact) mass is 335 g/mol. The summed E-state index contributed by atoms with van der Waals surface area (Å²) in [5.41, 5.74) is 0.262. The summed E-state index contributed by atoms with van der Waals surface area (Å²) in [6.07, 6.45) is 1.60. The van der Waals surface area contributed by atoms with Crippen LogP contribution in [0.2, 0.25) is 0 Å². The van der Waals surface area contributed by atoms with Crippen molar-refractivity contribution in [2.24, 2.45) is 0 Å². The van der Waals surface area contributed by atoms with Crippen LogP contribution in [0.15, 0.2) is 77.4 Å². The van der Waals surface area contributed by atoms with Gasteiger partial charge in [-0.1, -0.05) is 60.7 Å². The van der Waals surface area contributed by atoms with Crippen LogP contribution in [0.1, 0.15) is 22.5 Å². The first kappa shape index (κ1) is 17.0. The number of rotatable bonds is 5. The zero-order chi connectivity index (χ0) is 17.9. The van der Waals surface area contributed by atoms with E-state index in [0.29, 0.717) is 17.7 Å². The molecule has 0 unspecified atom stereocenters. The molecule has 4 heteroatoms. The summed E-state index contributed by atoms with van der Waals surface area (Å²) in [6, 6.07) is 19.9. The van der Waals surface area contributed by atoms with Gasteiger partial charge in [-0.05, 0) is 24.1 Å². The minimum atomic E-state index is -1.74. The number of carbonyl (C=O) groups excluding carboxylic acids is 1. The Morgan fingerprint density at radius 1 is 1.00 bits per heavy atom. The quantitative estimate of drug-likeness (QED) is 0.776. The highest BCUT2D eigenvalue weighted by molar-refractivity contribution is 5.90. The highest BCUT2D eigenvalue weighted by atomic mass is 16.3. The van der Waals surface area contributed by atoms with E-state index in [9.17, 15) is 9.90 Å². The molecule has 1 aromatic heterocycles. The van der Waals surface area contributed by atoms with Crippen LogP contribution in [-0.2, 0) is 16.9 Å². The van der Waals surface area contributed by atoms with E-state index in [4.69, 9.17) is 4.42 Å². The number of furan rings is 1. The average Bonchev–Trinajstić information content (AvgIpc) is 3.06. The molecule has 0 aliphatic rings. The Kier molecular flexibility index (Phi) is 4.72. The first-order chi connectivity index (χ1) is 12.0. The van der Waals surface area contributed by atoms with E-state index in [1.54, 1.807) is 37.6 Å². The summed E-state index contributed by atoms with van der Waals surface area (Å²) < 4.78 is 5.30. The van der Waals surface area contributed by atoms with Crippen molar-refractivity contribution < 1.29 is 14.3 Å². The van der Waals surface area contributed by atoms with Crippen molar-refractivity contribution in [3.63, 3.8) is 0 Å². The molecule has 0 bridgehead atoms. The molecule has 1 amide bonds. The smallest absolute Gasteiger partial charge is 0.264 e. The molecule has 25 heavy (non-hydrogen) atoms. The van der Waals surface area contributed by atoms with Gasteiger partial charge in [-0.3, -0.25) is 4.79 Å². The number of carbonyl (C=O) groups is 1. The highest BCUT2D eigenvalue weighted by Gasteiger charge is 2.41. The molecule has 0 fully saturated rings. The average molecular weight is 335 g/mol.